The van der Waals surface area contributed by atoms with Crippen molar-refractivity contribution in [2.45, 2.75) is 6.54 Å². The molecule has 3 amide bonds. The predicted octanol–water partition coefficient (Wildman–Crippen LogP) is 4.26. The topological polar surface area (TPSA) is 101 Å². The Kier molecular flexibility index (Phi) is 5.60. The molecule has 1 aliphatic rings. The number of amides is 3. The third kappa shape index (κ3) is 3.93. The molecule has 0 unspecified atom stereocenters. The van der Waals surface area contributed by atoms with Crippen LogP contribution in [-0.4, -0.2) is 39.7 Å². The van der Waals surface area contributed by atoms with Crippen LogP contribution in [0.4, 0.5) is 5.13 Å². The van der Waals surface area contributed by atoms with Crippen LogP contribution in [0.15, 0.2) is 72.2 Å². The summed E-state index contributed by atoms with van der Waals surface area (Å²) in [6, 6.07) is 17.2. The van der Waals surface area contributed by atoms with Crippen molar-refractivity contribution >= 4 is 34.2 Å². The molecule has 168 valence electrons. The second-order valence-electron chi connectivity index (χ2n) is 7.48. The van der Waals surface area contributed by atoms with E-state index in [0.717, 1.165) is 0 Å². The molecular weight excluding hydrogens is 452 g/mol. The van der Waals surface area contributed by atoms with E-state index in [1.807, 2.05) is 23.6 Å². The Morgan fingerprint density at radius 1 is 1.00 bits per heavy atom. The fourth-order valence-corrected chi connectivity index (χ4v) is 4.42. The van der Waals surface area contributed by atoms with Crippen molar-refractivity contribution in [3.8, 4) is 17.1 Å². The molecule has 0 spiro atoms. The number of fused-ring (bicyclic) bond motifs is 1. The molecule has 3 heterocycles. The number of methoxy groups -OCH3 is 1. The van der Waals surface area contributed by atoms with Crippen LogP contribution >= 0.6 is 11.3 Å². The second kappa shape index (κ2) is 8.87. The smallest absolute Gasteiger partial charge is 0.261 e. The van der Waals surface area contributed by atoms with E-state index in [1.54, 1.807) is 48.7 Å². The minimum Gasteiger partial charge on any atom is -0.496 e. The lowest BCUT2D eigenvalue weighted by molar-refractivity contribution is 0.0642. The van der Waals surface area contributed by atoms with E-state index in [0.29, 0.717) is 39.0 Å². The van der Waals surface area contributed by atoms with Gasteiger partial charge >= 0.3 is 0 Å². The first-order valence-electron chi connectivity index (χ1n) is 10.4. The first-order chi connectivity index (χ1) is 16.5. The monoisotopic (exact) mass is 470 g/mol. The Balaban J connectivity index is 1.37. The van der Waals surface area contributed by atoms with E-state index in [4.69, 9.17) is 4.74 Å². The van der Waals surface area contributed by atoms with Crippen LogP contribution < -0.4 is 10.1 Å². The number of pyridine rings is 1. The minimum absolute atomic E-state index is 0.0394. The zero-order valence-corrected chi connectivity index (χ0v) is 18.8. The Labute approximate surface area is 198 Å². The highest BCUT2D eigenvalue weighted by molar-refractivity contribution is 7.14. The SMILES string of the molecule is COc1ccc(CN2C(=O)c3ccccc3C2=O)cc1C(=O)Nc1nc(-c2ccccn2)cs1. The van der Waals surface area contributed by atoms with Gasteiger partial charge in [-0.25, -0.2) is 4.98 Å². The summed E-state index contributed by atoms with van der Waals surface area (Å²) < 4.78 is 5.36. The summed E-state index contributed by atoms with van der Waals surface area (Å²) in [4.78, 5) is 48.3. The van der Waals surface area contributed by atoms with Gasteiger partial charge in [-0.15, -0.1) is 11.3 Å². The molecule has 2 aromatic carbocycles. The van der Waals surface area contributed by atoms with Gasteiger partial charge in [0.15, 0.2) is 5.13 Å². The number of nitrogens with zero attached hydrogens (tertiary/aromatic N) is 3. The van der Waals surface area contributed by atoms with Crippen molar-refractivity contribution in [1.82, 2.24) is 14.9 Å². The van der Waals surface area contributed by atoms with Crippen molar-refractivity contribution in [2.24, 2.45) is 0 Å². The number of nitrogens with one attached hydrogen (secondary N) is 1. The van der Waals surface area contributed by atoms with Crippen LogP contribution in [0.25, 0.3) is 11.4 Å². The number of carbonyl (C=O) groups is 3. The van der Waals surface area contributed by atoms with Gasteiger partial charge < -0.3 is 4.74 Å². The van der Waals surface area contributed by atoms with Gasteiger partial charge in [0.05, 0.1) is 36.0 Å². The van der Waals surface area contributed by atoms with Gasteiger partial charge in [0, 0.05) is 11.6 Å². The van der Waals surface area contributed by atoms with Crippen molar-refractivity contribution in [2.75, 3.05) is 12.4 Å². The van der Waals surface area contributed by atoms with Gasteiger partial charge in [0.1, 0.15) is 11.4 Å². The first kappa shape index (κ1) is 21.5. The molecule has 9 heteroatoms. The van der Waals surface area contributed by atoms with Gasteiger partial charge in [-0.3, -0.25) is 29.6 Å². The van der Waals surface area contributed by atoms with Gasteiger partial charge in [-0.1, -0.05) is 24.3 Å². The molecule has 2 aromatic heterocycles. The molecule has 4 aromatic rings. The number of ether oxygens (including phenoxy) is 1. The van der Waals surface area contributed by atoms with Crippen LogP contribution in [0.2, 0.25) is 0 Å². The highest BCUT2D eigenvalue weighted by Gasteiger charge is 2.35. The van der Waals surface area contributed by atoms with Crippen LogP contribution in [0.5, 0.6) is 5.75 Å². The van der Waals surface area contributed by atoms with E-state index in [-0.39, 0.29) is 23.9 Å². The zero-order valence-electron chi connectivity index (χ0n) is 18.0. The van der Waals surface area contributed by atoms with E-state index in [9.17, 15) is 14.4 Å². The number of rotatable bonds is 6. The van der Waals surface area contributed by atoms with Crippen LogP contribution in [0.1, 0.15) is 36.6 Å². The normalized spacial score (nSPS) is 12.6. The molecule has 0 bridgehead atoms. The molecule has 1 aliphatic heterocycles. The zero-order chi connectivity index (χ0) is 23.7. The summed E-state index contributed by atoms with van der Waals surface area (Å²) in [5.74, 6) is -0.757. The molecule has 0 radical (unpaired) electrons. The lowest BCUT2D eigenvalue weighted by atomic mass is 10.1. The van der Waals surface area contributed by atoms with Crippen molar-refractivity contribution in [3.05, 3.63) is 94.5 Å². The lowest BCUT2D eigenvalue weighted by Gasteiger charge is -2.16. The maximum Gasteiger partial charge on any atom is 0.261 e. The number of thiazole rings is 1. The molecule has 8 nitrogen and oxygen atoms in total. The molecule has 0 atom stereocenters. The number of hydrogen-bond donors (Lipinski definition) is 1. The van der Waals surface area contributed by atoms with Crippen molar-refractivity contribution in [3.63, 3.8) is 0 Å². The average molecular weight is 471 g/mol. The Morgan fingerprint density at radius 2 is 1.74 bits per heavy atom. The third-order valence-electron chi connectivity index (χ3n) is 5.38. The molecule has 0 fully saturated rings. The van der Waals surface area contributed by atoms with Crippen molar-refractivity contribution in [1.29, 1.82) is 0 Å². The number of anilines is 1. The lowest BCUT2D eigenvalue weighted by Crippen LogP contribution is -2.29. The van der Waals surface area contributed by atoms with Gasteiger partial charge in [-0.2, -0.15) is 0 Å². The molecule has 0 aliphatic carbocycles. The van der Waals surface area contributed by atoms with Crippen LogP contribution in [0, 0.1) is 0 Å². The minimum atomic E-state index is -0.414. The maximum absolute atomic E-state index is 13.0. The van der Waals surface area contributed by atoms with E-state index >= 15 is 0 Å². The summed E-state index contributed by atoms with van der Waals surface area (Å²) in [6.07, 6.45) is 1.68. The molecule has 1 N–H and O–H groups in total. The molecule has 5 rings (SSSR count). The number of benzene rings is 2. The summed E-state index contributed by atoms with van der Waals surface area (Å²) >= 11 is 1.28. The van der Waals surface area contributed by atoms with Crippen molar-refractivity contribution < 1.29 is 19.1 Å². The molecule has 0 saturated heterocycles. The quantitative estimate of drug-likeness (QED) is 0.423. The summed E-state index contributed by atoms with van der Waals surface area (Å²) in [6.45, 7) is 0.0394. The first-order valence-corrected chi connectivity index (χ1v) is 11.2. The Bertz CT molecular complexity index is 1380. The fraction of sp³-hybridized carbons (Fsp3) is 0.0800. The Morgan fingerprint density at radius 3 is 2.41 bits per heavy atom. The third-order valence-corrected chi connectivity index (χ3v) is 6.14. The van der Waals surface area contributed by atoms with Crippen LogP contribution in [-0.2, 0) is 6.54 Å². The second-order valence-corrected chi connectivity index (χ2v) is 8.34. The predicted molar refractivity (Wildman–Crippen MR) is 127 cm³/mol. The highest BCUT2D eigenvalue weighted by Crippen LogP contribution is 2.28. The maximum atomic E-state index is 13.0. The van der Waals surface area contributed by atoms with Gasteiger partial charge in [-0.05, 0) is 42.0 Å². The molecule has 34 heavy (non-hydrogen) atoms. The highest BCUT2D eigenvalue weighted by atomic mass is 32.1. The van der Waals surface area contributed by atoms with Gasteiger partial charge in [0.2, 0.25) is 0 Å². The molecule has 0 saturated carbocycles. The van der Waals surface area contributed by atoms with Gasteiger partial charge in [0.25, 0.3) is 17.7 Å². The average Bonchev–Trinajstić information content (AvgIpc) is 3.43. The number of aromatic nitrogens is 2. The summed E-state index contributed by atoms with van der Waals surface area (Å²) in [7, 11) is 1.47. The molecular formula is C25H18N4O4S. The largest absolute Gasteiger partial charge is 0.496 e. The fourth-order valence-electron chi connectivity index (χ4n) is 3.72. The van der Waals surface area contributed by atoms with E-state index in [1.165, 1.54) is 23.3 Å². The number of imide groups is 1. The van der Waals surface area contributed by atoms with E-state index in [2.05, 4.69) is 15.3 Å². The Hall–Kier alpha value is -4.37. The summed E-state index contributed by atoms with van der Waals surface area (Å²) in [5.41, 5.74) is 3.02. The van der Waals surface area contributed by atoms with Crippen LogP contribution in [0.3, 0.4) is 0 Å². The van der Waals surface area contributed by atoms with E-state index < -0.39 is 5.91 Å². The number of carbonyl (C=O) groups excluding carboxylic acids is 3. The number of hydrogen-bond acceptors (Lipinski definition) is 7. The summed E-state index contributed by atoms with van der Waals surface area (Å²) in [5, 5.41) is 5.02. The standard InChI is InChI=1S/C25H18N4O4S/c1-33-21-10-9-15(13-29-23(31)16-6-2-3-7-17(16)24(29)32)12-18(21)22(30)28-25-27-20(14-34-25)19-8-4-5-11-26-19/h2-12,14H,13H2,1H3,(H,27,28,30).